The van der Waals surface area contributed by atoms with Gasteiger partial charge in [0.05, 0.1) is 25.7 Å². The van der Waals surface area contributed by atoms with Crippen molar-refractivity contribution in [2.75, 3.05) is 32.9 Å². The molecule has 2 aliphatic rings. The molecule has 118 valence electrons. The Bertz CT molecular complexity index is 298. The molecule has 0 aromatic carbocycles. The Hall–Kier alpha value is -0.360. The smallest absolute Gasteiger partial charge is 0.225 e. The van der Waals surface area contributed by atoms with Crippen LogP contribution in [-0.4, -0.2) is 55.9 Å². The van der Waals surface area contributed by atoms with Crippen LogP contribution in [0, 0.1) is 5.92 Å². The number of nitrogens with zero attached hydrogens (tertiary/aromatic N) is 1. The summed E-state index contributed by atoms with van der Waals surface area (Å²) >= 11 is 0. The Morgan fingerprint density at radius 1 is 1.50 bits per heavy atom. The molecular formula is C14H27ClN2O3. The lowest BCUT2D eigenvalue weighted by atomic mass is 10.1. The van der Waals surface area contributed by atoms with Crippen molar-refractivity contribution in [3.8, 4) is 0 Å². The third-order valence-corrected chi connectivity index (χ3v) is 4.10. The van der Waals surface area contributed by atoms with Crippen LogP contribution in [0.3, 0.4) is 0 Å². The first-order valence-corrected chi connectivity index (χ1v) is 7.39. The molecular weight excluding hydrogens is 280 g/mol. The number of carbonyl (C=O) groups excluding carboxylic acids is 1. The number of likely N-dealkylation sites (tertiary alicyclic amines) is 1. The average molecular weight is 307 g/mol. The predicted molar refractivity (Wildman–Crippen MR) is 80.0 cm³/mol. The molecule has 0 saturated carbocycles. The van der Waals surface area contributed by atoms with E-state index >= 15 is 0 Å². The highest BCUT2D eigenvalue weighted by Gasteiger charge is 2.31. The van der Waals surface area contributed by atoms with Gasteiger partial charge in [0.1, 0.15) is 0 Å². The van der Waals surface area contributed by atoms with Gasteiger partial charge in [-0.3, -0.25) is 4.79 Å². The molecule has 0 spiro atoms. The molecule has 2 rings (SSSR count). The van der Waals surface area contributed by atoms with Crippen molar-refractivity contribution in [2.24, 2.45) is 11.7 Å². The summed E-state index contributed by atoms with van der Waals surface area (Å²) in [7, 11) is 0. The molecule has 0 radical (unpaired) electrons. The predicted octanol–water partition coefficient (Wildman–Crippen LogP) is 1.19. The molecule has 5 nitrogen and oxygen atoms in total. The Morgan fingerprint density at radius 3 is 2.90 bits per heavy atom. The molecule has 20 heavy (non-hydrogen) atoms. The third-order valence-electron chi connectivity index (χ3n) is 4.10. The van der Waals surface area contributed by atoms with E-state index in [1.165, 1.54) is 0 Å². The minimum absolute atomic E-state index is 0. The summed E-state index contributed by atoms with van der Waals surface area (Å²) in [6, 6.07) is 0.319. The highest BCUT2D eigenvalue weighted by molar-refractivity contribution is 5.85. The number of carbonyl (C=O) groups is 1. The minimum atomic E-state index is 0. The SMILES string of the molecule is CC1CC(CN)CN1C(=O)CCOCC1CCCO1.Cl. The van der Waals surface area contributed by atoms with E-state index in [0.29, 0.717) is 38.1 Å². The third kappa shape index (κ3) is 4.88. The highest BCUT2D eigenvalue weighted by Crippen LogP contribution is 2.22. The molecule has 6 heteroatoms. The van der Waals surface area contributed by atoms with E-state index in [0.717, 1.165) is 32.4 Å². The largest absolute Gasteiger partial charge is 0.378 e. The summed E-state index contributed by atoms with van der Waals surface area (Å²) in [4.78, 5) is 14.0. The van der Waals surface area contributed by atoms with E-state index in [9.17, 15) is 4.79 Å². The van der Waals surface area contributed by atoms with E-state index in [2.05, 4.69) is 6.92 Å². The minimum Gasteiger partial charge on any atom is -0.378 e. The van der Waals surface area contributed by atoms with Crippen molar-refractivity contribution >= 4 is 18.3 Å². The van der Waals surface area contributed by atoms with E-state index in [1.807, 2.05) is 4.90 Å². The summed E-state index contributed by atoms with van der Waals surface area (Å²) in [5.74, 6) is 0.655. The van der Waals surface area contributed by atoms with Gasteiger partial charge in [-0.05, 0) is 38.6 Å². The Morgan fingerprint density at radius 2 is 2.30 bits per heavy atom. The van der Waals surface area contributed by atoms with E-state index in [4.69, 9.17) is 15.2 Å². The van der Waals surface area contributed by atoms with Crippen LogP contribution in [0.25, 0.3) is 0 Å². The van der Waals surface area contributed by atoms with Crippen LogP contribution in [-0.2, 0) is 14.3 Å². The van der Waals surface area contributed by atoms with Gasteiger partial charge < -0.3 is 20.1 Å². The van der Waals surface area contributed by atoms with E-state index < -0.39 is 0 Å². The maximum Gasteiger partial charge on any atom is 0.225 e. The second kappa shape index (κ2) is 8.82. The number of nitrogens with two attached hydrogens (primary N) is 1. The van der Waals surface area contributed by atoms with Crippen molar-refractivity contribution in [1.82, 2.24) is 4.90 Å². The van der Waals surface area contributed by atoms with Crippen LogP contribution in [0.1, 0.15) is 32.6 Å². The number of ether oxygens (including phenoxy) is 2. The maximum absolute atomic E-state index is 12.1. The fourth-order valence-corrected chi connectivity index (χ4v) is 2.95. The first kappa shape index (κ1) is 17.7. The zero-order valence-electron chi connectivity index (χ0n) is 12.3. The van der Waals surface area contributed by atoms with Crippen LogP contribution in [0.4, 0.5) is 0 Å². The molecule has 0 aromatic rings. The fraction of sp³-hybridized carbons (Fsp3) is 0.929. The van der Waals surface area contributed by atoms with Crippen molar-refractivity contribution in [1.29, 1.82) is 0 Å². The van der Waals surface area contributed by atoms with Crippen LogP contribution in [0.15, 0.2) is 0 Å². The normalized spacial score (nSPS) is 29.5. The molecule has 2 aliphatic heterocycles. The topological polar surface area (TPSA) is 64.8 Å². The van der Waals surface area contributed by atoms with E-state index in [-0.39, 0.29) is 24.4 Å². The number of rotatable bonds is 6. The van der Waals surface area contributed by atoms with Crippen molar-refractivity contribution in [3.63, 3.8) is 0 Å². The van der Waals surface area contributed by atoms with Gasteiger partial charge in [-0.25, -0.2) is 0 Å². The monoisotopic (exact) mass is 306 g/mol. The lowest BCUT2D eigenvalue weighted by molar-refractivity contribution is -0.133. The van der Waals surface area contributed by atoms with E-state index in [1.54, 1.807) is 0 Å². The molecule has 2 heterocycles. The molecule has 3 unspecified atom stereocenters. The number of amides is 1. The molecule has 2 fully saturated rings. The lowest BCUT2D eigenvalue weighted by Gasteiger charge is -2.21. The second-order valence-electron chi connectivity index (χ2n) is 5.69. The summed E-state index contributed by atoms with van der Waals surface area (Å²) in [5, 5.41) is 0. The number of hydrogen-bond donors (Lipinski definition) is 1. The Labute approximate surface area is 127 Å². The summed E-state index contributed by atoms with van der Waals surface area (Å²) in [6.45, 7) is 5.54. The Kier molecular flexibility index (Phi) is 7.80. The molecule has 3 atom stereocenters. The number of halogens is 1. The quantitative estimate of drug-likeness (QED) is 0.749. The van der Waals surface area contributed by atoms with Crippen molar-refractivity contribution in [3.05, 3.63) is 0 Å². The standard InChI is InChI=1S/C14H26N2O3.ClH/c1-11-7-12(8-15)9-16(11)14(17)4-6-18-10-13-3-2-5-19-13;/h11-13H,2-10,15H2,1H3;1H. The molecule has 0 aliphatic carbocycles. The average Bonchev–Trinajstić information content (AvgIpc) is 3.03. The Balaban J connectivity index is 0.00000200. The first-order chi connectivity index (χ1) is 9.20. The van der Waals surface area contributed by atoms with Crippen LogP contribution in [0.5, 0.6) is 0 Å². The van der Waals surface area contributed by atoms with Crippen LogP contribution in [0.2, 0.25) is 0 Å². The summed E-state index contributed by atoms with van der Waals surface area (Å²) in [5.41, 5.74) is 5.67. The van der Waals surface area contributed by atoms with Crippen LogP contribution >= 0.6 is 12.4 Å². The van der Waals surface area contributed by atoms with Gasteiger partial charge in [0.2, 0.25) is 5.91 Å². The summed E-state index contributed by atoms with van der Waals surface area (Å²) < 4.78 is 11.0. The summed E-state index contributed by atoms with van der Waals surface area (Å²) in [6.07, 6.45) is 3.93. The van der Waals surface area contributed by atoms with Crippen LogP contribution < -0.4 is 5.73 Å². The molecule has 1 amide bonds. The van der Waals surface area contributed by atoms with Gasteiger partial charge in [0, 0.05) is 19.2 Å². The lowest BCUT2D eigenvalue weighted by Crippen LogP contribution is -2.35. The zero-order valence-corrected chi connectivity index (χ0v) is 13.1. The van der Waals surface area contributed by atoms with Gasteiger partial charge in [0.25, 0.3) is 0 Å². The molecule has 0 aromatic heterocycles. The maximum atomic E-state index is 12.1. The molecule has 2 saturated heterocycles. The zero-order chi connectivity index (χ0) is 13.7. The number of hydrogen-bond acceptors (Lipinski definition) is 4. The van der Waals surface area contributed by atoms with Gasteiger partial charge in [-0.2, -0.15) is 0 Å². The van der Waals surface area contributed by atoms with Gasteiger partial charge in [-0.15, -0.1) is 12.4 Å². The van der Waals surface area contributed by atoms with Gasteiger partial charge in [0.15, 0.2) is 0 Å². The second-order valence-corrected chi connectivity index (χ2v) is 5.69. The molecule has 0 bridgehead atoms. The van der Waals surface area contributed by atoms with Crippen molar-refractivity contribution < 1.29 is 14.3 Å². The van der Waals surface area contributed by atoms with Crippen molar-refractivity contribution in [2.45, 2.75) is 44.8 Å². The molecule has 2 N–H and O–H groups in total. The van der Waals surface area contributed by atoms with Gasteiger partial charge in [-0.1, -0.05) is 0 Å². The first-order valence-electron chi connectivity index (χ1n) is 7.39. The van der Waals surface area contributed by atoms with Gasteiger partial charge >= 0.3 is 0 Å². The fourth-order valence-electron chi connectivity index (χ4n) is 2.95. The highest BCUT2D eigenvalue weighted by atomic mass is 35.5.